The summed E-state index contributed by atoms with van der Waals surface area (Å²) in [5.74, 6) is 5.23. The Morgan fingerprint density at radius 1 is 1.23 bits per heavy atom. The van der Waals surface area contributed by atoms with Crippen molar-refractivity contribution in [2.24, 2.45) is 5.84 Å². The van der Waals surface area contributed by atoms with Crippen LogP contribution in [0.1, 0.15) is 5.01 Å². The van der Waals surface area contributed by atoms with Crippen molar-refractivity contribution < 1.29 is 0 Å². The van der Waals surface area contributed by atoms with Crippen molar-refractivity contribution in [1.82, 2.24) is 9.97 Å². The summed E-state index contributed by atoms with van der Waals surface area (Å²) < 4.78 is 0. The van der Waals surface area contributed by atoms with E-state index in [1.54, 1.807) is 11.3 Å². The third-order valence-electron chi connectivity index (χ3n) is 1.51. The van der Waals surface area contributed by atoms with Crippen molar-refractivity contribution in [2.75, 3.05) is 5.43 Å². The van der Waals surface area contributed by atoms with Crippen molar-refractivity contribution in [2.45, 2.75) is 6.92 Å². The molecule has 6 heteroatoms. The Balaban J connectivity index is 2.35. The first-order valence-corrected chi connectivity index (χ1v) is 5.40. The van der Waals surface area contributed by atoms with Gasteiger partial charge in [0.1, 0.15) is 11.4 Å². The minimum Gasteiger partial charge on any atom is -0.300 e. The van der Waals surface area contributed by atoms with E-state index < -0.39 is 0 Å². The molecule has 0 spiro atoms. The molecule has 0 fully saturated rings. The zero-order chi connectivity index (χ0) is 9.26. The maximum Gasteiger partial charge on any atom is 0.197 e. The molecule has 0 aromatic carbocycles. The van der Waals surface area contributed by atoms with E-state index >= 15 is 0 Å². The molecule has 2 rings (SSSR count). The Morgan fingerprint density at radius 2 is 1.92 bits per heavy atom. The second kappa shape index (κ2) is 3.41. The van der Waals surface area contributed by atoms with Crippen LogP contribution in [0, 0.1) is 6.92 Å². The summed E-state index contributed by atoms with van der Waals surface area (Å²) in [5, 5.41) is 5.68. The molecule has 2 aromatic heterocycles. The Morgan fingerprint density at radius 3 is 2.46 bits per heavy atom. The van der Waals surface area contributed by atoms with Gasteiger partial charge in [-0.25, -0.2) is 15.8 Å². The molecule has 2 aromatic rings. The van der Waals surface area contributed by atoms with Gasteiger partial charge in [0.05, 0.1) is 5.01 Å². The summed E-state index contributed by atoms with van der Waals surface area (Å²) in [7, 11) is 0. The fourth-order valence-corrected chi connectivity index (χ4v) is 2.16. The van der Waals surface area contributed by atoms with Gasteiger partial charge in [-0.3, -0.25) is 5.43 Å². The maximum absolute atomic E-state index is 5.23. The van der Waals surface area contributed by atoms with Crippen molar-refractivity contribution in [3.63, 3.8) is 0 Å². The molecule has 0 aliphatic heterocycles. The molecule has 0 unspecified atom stereocenters. The van der Waals surface area contributed by atoms with Gasteiger partial charge in [0.25, 0.3) is 0 Å². The van der Waals surface area contributed by atoms with Gasteiger partial charge in [-0.1, -0.05) is 0 Å². The molecular weight excluding hydrogens is 204 g/mol. The summed E-state index contributed by atoms with van der Waals surface area (Å²) in [6, 6.07) is 0. The molecule has 0 saturated carbocycles. The van der Waals surface area contributed by atoms with Crippen LogP contribution in [0.2, 0.25) is 0 Å². The normalized spacial score (nSPS) is 10.3. The number of aromatic nitrogens is 2. The van der Waals surface area contributed by atoms with Gasteiger partial charge >= 0.3 is 0 Å². The smallest absolute Gasteiger partial charge is 0.197 e. The van der Waals surface area contributed by atoms with Crippen LogP contribution in [0.15, 0.2) is 10.8 Å². The molecule has 0 aliphatic rings. The topological polar surface area (TPSA) is 63.8 Å². The van der Waals surface area contributed by atoms with Crippen molar-refractivity contribution in [3.05, 3.63) is 15.8 Å². The minimum absolute atomic E-state index is 0.709. The van der Waals surface area contributed by atoms with Crippen LogP contribution < -0.4 is 11.3 Å². The molecule has 0 radical (unpaired) electrons. The summed E-state index contributed by atoms with van der Waals surface area (Å²) >= 11 is 3.09. The summed E-state index contributed by atoms with van der Waals surface area (Å²) in [6.07, 6.45) is 0. The van der Waals surface area contributed by atoms with Crippen molar-refractivity contribution >= 4 is 27.8 Å². The average molecular weight is 212 g/mol. The summed E-state index contributed by atoms with van der Waals surface area (Å²) in [4.78, 5) is 8.56. The molecule has 0 atom stereocenters. The van der Waals surface area contributed by atoms with E-state index in [2.05, 4.69) is 15.4 Å². The number of anilines is 1. The van der Waals surface area contributed by atoms with E-state index in [1.165, 1.54) is 11.3 Å². The molecule has 0 bridgehead atoms. The monoisotopic (exact) mass is 212 g/mol. The fraction of sp³-hybridized carbons (Fsp3) is 0.143. The lowest BCUT2D eigenvalue weighted by Crippen LogP contribution is -2.05. The number of hydrogen-bond acceptors (Lipinski definition) is 6. The molecular formula is C7H8N4S2. The van der Waals surface area contributed by atoms with Crippen molar-refractivity contribution in [1.29, 1.82) is 0 Å². The number of rotatable bonds is 2. The third-order valence-corrected chi connectivity index (χ3v) is 3.06. The molecule has 2 heterocycles. The third kappa shape index (κ3) is 1.69. The second-order valence-electron chi connectivity index (χ2n) is 2.43. The van der Waals surface area contributed by atoms with Crippen LogP contribution in [0.25, 0.3) is 11.4 Å². The van der Waals surface area contributed by atoms with Crippen LogP contribution in [-0.2, 0) is 0 Å². The van der Waals surface area contributed by atoms with E-state index in [4.69, 9.17) is 5.84 Å². The zero-order valence-corrected chi connectivity index (χ0v) is 8.58. The Bertz CT molecular complexity index is 406. The molecule has 0 saturated heterocycles. The number of nitrogens with one attached hydrogen (secondary N) is 1. The fourth-order valence-electron chi connectivity index (χ4n) is 0.939. The first kappa shape index (κ1) is 8.61. The van der Waals surface area contributed by atoms with E-state index in [0.29, 0.717) is 5.13 Å². The molecule has 68 valence electrons. The highest BCUT2D eigenvalue weighted by Gasteiger charge is 2.05. The second-order valence-corrected chi connectivity index (χ2v) is 4.35. The van der Waals surface area contributed by atoms with E-state index in [0.717, 1.165) is 16.4 Å². The Kier molecular flexibility index (Phi) is 2.26. The zero-order valence-electron chi connectivity index (χ0n) is 6.94. The number of aryl methyl sites for hydroxylation is 1. The quantitative estimate of drug-likeness (QED) is 0.589. The van der Waals surface area contributed by atoms with E-state index in [1.807, 2.05) is 17.7 Å². The highest BCUT2D eigenvalue weighted by molar-refractivity contribution is 7.14. The van der Waals surface area contributed by atoms with Crippen LogP contribution in [0.3, 0.4) is 0 Å². The lowest BCUT2D eigenvalue weighted by Gasteiger charge is -1.88. The maximum atomic E-state index is 5.23. The number of nitrogens with two attached hydrogens (primary N) is 1. The Labute approximate surface area is 83.4 Å². The highest BCUT2D eigenvalue weighted by atomic mass is 32.1. The Hall–Kier alpha value is -0.980. The van der Waals surface area contributed by atoms with Gasteiger partial charge in [0.15, 0.2) is 5.13 Å². The van der Waals surface area contributed by atoms with Crippen molar-refractivity contribution in [3.8, 4) is 11.4 Å². The van der Waals surface area contributed by atoms with Gasteiger partial charge in [0, 0.05) is 10.8 Å². The van der Waals surface area contributed by atoms with E-state index in [-0.39, 0.29) is 0 Å². The predicted octanol–water partition coefficient (Wildman–Crippen LogP) is 1.86. The van der Waals surface area contributed by atoms with Gasteiger partial charge in [0.2, 0.25) is 0 Å². The van der Waals surface area contributed by atoms with Crippen LogP contribution in [0.5, 0.6) is 0 Å². The average Bonchev–Trinajstić information content (AvgIpc) is 2.71. The van der Waals surface area contributed by atoms with Gasteiger partial charge in [-0.2, -0.15) is 0 Å². The van der Waals surface area contributed by atoms with Crippen LogP contribution in [-0.4, -0.2) is 9.97 Å². The minimum atomic E-state index is 0.709. The molecule has 0 aliphatic carbocycles. The highest BCUT2D eigenvalue weighted by Crippen LogP contribution is 2.25. The first-order valence-electron chi connectivity index (χ1n) is 3.64. The molecule has 0 amide bonds. The molecule has 4 nitrogen and oxygen atoms in total. The van der Waals surface area contributed by atoms with Crippen LogP contribution in [0.4, 0.5) is 5.13 Å². The summed E-state index contributed by atoms with van der Waals surface area (Å²) in [5.41, 5.74) is 4.30. The summed E-state index contributed by atoms with van der Waals surface area (Å²) in [6.45, 7) is 1.97. The molecule has 13 heavy (non-hydrogen) atoms. The first-order chi connectivity index (χ1) is 6.29. The van der Waals surface area contributed by atoms with Crippen LogP contribution >= 0.6 is 22.7 Å². The number of hydrogen-bond donors (Lipinski definition) is 2. The number of nitrogen functional groups attached to an aromatic ring is 1. The predicted molar refractivity (Wildman–Crippen MR) is 55.8 cm³/mol. The van der Waals surface area contributed by atoms with E-state index in [9.17, 15) is 0 Å². The van der Waals surface area contributed by atoms with Gasteiger partial charge in [-0.15, -0.1) is 22.7 Å². The number of nitrogens with zero attached hydrogens (tertiary/aromatic N) is 2. The SMILES string of the molecule is Cc1nc(-c2csc(NN)n2)cs1. The lowest BCUT2D eigenvalue weighted by atomic mass is 10.4. The van der Waals surface area contributed by atoms with Gasteiger partial charge < -0.3 is 0 Å². The lowest BCUT2D eigenvalue weighted by molar-refractivity contribution is 1.24. The standard InChI is InChI=1S/C7H8N4S2/c1-4-9-5(2-12-4)6-3-13-7(10-6)11-8/h2-3H,8H2,1H3,(H,10,11). The number of thiazole rings is 2. The van der Waals surface area contributed by atoms with Gasteiger partial charge in [-0.05, 0) is 6.92 Å². The number of hydrazine groups is 1. The molecule has 3 N–H and O–H groups in total. The largest absolute Gasteiger partial charge is 0.300 e.